The fourth-order valence-corrected chi connectivity index (χ4v) is 2.95. The lowest BCUT2D eigenvalue weighted by Crippen LogP contribution is -2.52. The second-order valence-electron chi connectivity index (χ2n) is 6.46. The molecule has 1 saturated heterocycles. The fraction of sp³-hybridized carbons (Fsp3) is 0.611. The first-order valence-corrected chi connectivity index (χ1v) is 8.48. The van der Waals surface area contributed by atoms with Gasteiger partial charge in [0.15, 0.2) is 5.96 Å². The Morgan fingerprint density at radius 2 is 1.83 bits per heavy atom. The van der Waals surface area contributed by atoms with Gasteiger partial charge in [-0.15, -0.1) is 24.0 Å². The third-order valence-electron chi connectivity index (χ3n) is 4.55. The summed E-state index contributed by atoms with van der Waals surface area (Å²) in [5.41, 5.74) is 1.30. The fourth-order valence-electron chi connectivity index (χ4n) is 2.95. The van der Waals surface area contributed by atoms with Gasteiger partial charge in [-0.3, -0.25) is 9.89 Å². The summed E-state index contributed by atoms with van der Waals surface area (Å²) in [4.78, 5) is 11.5. The SMILES string of the molecule is CN=C(NCC(C)N1CCN(C)CC1)N(C)Cc1ccccc1.I. The van der Waals surface area contributed by atoms with Crippen LogP contribution in [-0.4, -0.2) is 80.6 Å². The molecule has 0 saturated carbocycles. The minimum Gasteiger partial charge on any atom is -0.355 e. The molecule has 136 valence electrons. The normalized spacial score (nSPS) is 17.9. The summed E-state index contributed by atoms with van der Waals surface area (Å²) in [6.07, 6.45) is 0. The summed E-state index contributed by atoms with van der Waals surface area (Å²) < 4.78 is 0. The largest absolute Gasteiger partial charge is 0.355 e. The third kappa shape index (κ3) is 6.57. The van der Waals surface area contributed by atoms with Crippen molar-refractivity contribution in [2.75, 3.05) is 53.9 Å². The number of hydrogen-bond acceptors (Lipinski definition) is 3. The Hall–Kier alpha value is -0.860. The van der Waals surface area contributed by atoms with Crippen LogP contribution in [0.4, 0.5) is 0 Å². The van der Waals surface area contributed by atoms with Crippen molar-refractivity contribution < 1.29 is 0 Å². The molecule has 1 heterocycles. The second-order valence-corrected chi connectivity index (χ2v) is 6.46. The maximum absolute atomic E-state index is 4.42. The Labute approximate surface area is 164 Å². The average Bonchev–Trinajstić information content (AvgIpc) is 2.56. The lowest BCUT2D eigenvalue weighted by atomic mass is 10.2. The summed E-state index contributed by atoms with van der Waals surface area (Å²) in [7, 11) is 6.13. The van der Waals surface area contributed by atoms with E-state index in [-0.39, 0.29) is 24.0 Å². The van der Waals surface area contributed by atoms with Gasteiger partial charge in [0.05, 0.1) is 0 Å². The number of aliphatic imine (C=N–C) groups is 1. The smallest absolute Gasteiger partial charge is 0.193 e. The summed E-state index contributed by atoms with van der Waals surface area (Å²) in [5, 5.41) is 3.52. The molecule has 0 radical (unpaired) electrons. The predicted molar refractivity (Wildman–Crippen MR) is 113 cm³/mol. The maximum Gasteiger partial charge on any atom is 0.193 e. The average molecular weight is 445 g/mol. The van der Waals surface area contributed by atoms with Crippen LogP contribution in [0.25, 0.3) is 0 Å². The highest BCUT2D eigenvalue weighted by Crippen LogP contribution is 2.05. The molecule has 1 fully saturated rings. The van der Waals surface area contributed by atoms with Crippen molar-refractivity contribution in [3.05, 3.63) is 35.9 Å². The van der Waals surface area contributed by atoms with Gasteiger partial charge in [-0.25, -0.2) is 0 Å². The Morgan fingerprint density at radius 1 is 1.21 bits per heavy atom. The van der Waals surface area contributed by atoms with E-state index in [1.165, 1.54) is 5.56 Å². The number of nitrogens with zero attached hydrogens (tertiary/aromatic N) is 4. The highest BCUT2D eigenvalue weighted by Gasteiger charge is 2.19. The van der Waals surface area contributed by atoms with Gasteiger partial charge in [0.2, 0.25) is 0 Å². The van der Waals surface area contributed by atoms with Crippen molar-refractivity contribution >= 4 is 29.9 Å². The maximum atomic E-state index is 4.42. The molecule has 24 heavy (non-hydrogen) atoms. The minimum atomic E-state index is 0. The molecule has 0 bridgehead atoms. The molecule has 0 amide bonds. The lowest BCUT2D eigenvalue weighted by molar-refractivity contribution is 0.119. The van der Waals surface area contributed by atoms with E-state index in [0.717, 1.165) is 45.2 Å². The van der Waals surface area contributed by atoms with Crippen LogP contribution in [0.3, 0.4) is 0 Å². The zero-order chi connectivity index (χ0) is 16.7. The summed E-state index contributed by atoms with van der Waals surface area (Å²) in [6.45, 7) is 8.71. The molecule has 1 aromatic rings. The van der Waals surface area contributed by atoms with Crippen molar-refractivity contribution in [2.24, 2.45) is 4.99 Å². The molecule has 0 aromatic heterocycles. The Balaban J connectivity index is 0.00000288. The molecule has 0 spiro atoms. The number of guanidine groups is 1. The Morgan fingerprint density at radius 3 is 2.42 bits per heavy atom. The van der Waals surface area contributed by atoms with Crippen LogP contribution < -0.4 is 5.32 Å². The van der Waals surface area contributed by atoms with Gasteiger partial charge >= 0.3 is 0 Å². The lowest BCUT2D eigenvalue weighted by Gasteiger charge is -2.37. The molecule has 1 aromatic carbocycles. The summed E-state index contributed by atoms with van der Waals surface area (Å²) in [5.74, 6) is 0.954. The van der Waals surface area contributed by atoms with Crippen LogP contribution >= 0.6 is 24.0 Å². The van der Waals surface area contributed by atoms with Gasteiger partial charge in [0, 0.05) is 59.4 Å². The van der Waals surface area contributed by atoms with Gasteiger partial charge in [0.25, 0.3) is 0 Å². The van der Waals surface area contributed by atoms with Crippen molar-refractivity contribution in [3.63, 3.8) is 0 Å². The molecule has 6 heteroatoms. The van der Waals surface area contributed by atoms with Gasteiger partial charge in [-0.1, -0.05) is 30.3 Å². The van der Waals surface area contributed by atoms with Crippen molar-refractivity contribution in [3.8, 4) is 0 Å². The van der Waals surface area contributed by atoms with Crippen LogP contribution in [0.15, 0.2) is 35.3 Å². The predicted octanol–water partition coefficient (Wildman–Crippen LogP) is 1.95. The number of rotatable bonds is 5. The topological polar surface area (TPSA) is 34.1 Å². The number of halogens is 1. The van der Waals surface area contributed by atoms with E-state index in [0.29, 0.717) is 6.04 Å². The molecule has 5 nitrogen and oxygen atoms in total. The standard InChI is InChI=1S/C18H31N5.HI/c1-16(23-12-10-21(3)11-13-23)14-20-18(19-2)22(4)15-17-8-6-5-7-9-17;/h5-9,16H,10-15H2,1-4H3,(H,19,20);1H. The highest BCUT2D eigenvalue weighted by molar-refractivity contribution is 14.0. The third-order valence-corrected chi connectivity index (χ3v) is 4.55. The minimum absolute atomic E-state index is 0. The zero-order valence-electron chi connectivity index (χ0n) is 15.4. The molecular weight excluding hydrogens is 413 g/mol. The quantitative estimate of drug-likeness (QED) is 0.427. The van der Waals surface area contributed by atoms with E-state index in [2.05, 4.69) is 70.3 Å². The number of piperazine rings is 1. The van der Waals surface area contributed by atoms with E-state index in [1.807, 2.05) is 13.1 Å². The first kappa shape index (κ1) is 21.2. The number of hydrogen-bond donors (Lipinski definition) is 1. The van der Waals surface area contributed by atoms with E-state index in [1.54, 1.807) is 0 Å². The molecule has 1 N–H and O–H groups in total. The summed E-state index contributed by atoms with van der Waals surface area (Å²) in [6, 6.07) is 11.0. The van der Waals surface area contributed by atoms with Gasteiger partial charge < -0.3 is 15.1 Å². The van der Waals surface area contributed by atoms with Crippen LogP contribution in [0, 0.1) is 0 Å². The Bertz CT molecular complexity index is 485. The van der Waals surface area contributed by atoms with Gasteiger partial charge in [-0.2, -0.15) is 0 Å². The number of nitrogens with one attached hydrogen (secondary N) is 1. The van der Waals surface area contributed by atoms with E-state index in [9.17, 15) is 0 Å². The summed E-state index contributed by atoms with van der Waals surface area (Å²) >= 11 is 0. The monoisotopic (exact) mass is 445 g/mol. The number of likely N-dealkylation sites (N-methyl/N-ethyl adjacent to an activating group) is 1. The van der Waals surface area contributed by atoms with E-state index < -0.39 is 0 Å². The number of benzene rings is 1. The zero-order valence-corrected chi connectivity index (χ0v) is 17.7. The highest BCUT2D eigenvalue weighted by atomic mass is 127. The molecule has 1 atom stereocenters. The first-order chi connectivity index (χ1) is 11.1. The van der Waals surface area contributed by atoms with Gasteiger partial charge in [-0.05, 0) is 19.5 Å². The van der Waals surface area contributed by atoms with Crippen LogP contribution in [0.2, 0.25) is 0 Å². The van der Waals surface area contributed by atoms with Crippen molar-refractivity contribution in [1.82, 2.24) is 20.0 Å². The van der Waals surface area contributed by atoms with Crippen molar-refractivity contribution in [2.45, 2.75) is 19.5 Å². The molecule has 1 unspecified atom stereocenters. The molecule has 0 aliphatic carbocycles. The van der Waals surface area contributed by atoms with Crippen LogP contribution in [0.5, 0.6) is 0 Å². The molecule has 1 aliphatic heterocycles. The second kappa shape index (κ2) is 10.9. The van der Waals surface area contributed by atoms with E-state index >= 15 is 0 Å². The van der Waals surface area contributed by atoms with Gasteiger partial charge in [0.1, 0.15) is 0 Å². The van der Waals surface area contributed by atoms with E-state index in [4.69, 9.17) is 0 Å². The van der Waals surface area contributed by atoms with Crippen LogP contribution in [0.1, 0.15) is 12.5 Å². The molecule has 1 aliphatic rings. The first-order valence-electron chi connectivity index (χ1n) is 8.48. The van der Waals surface area contributed by atoms with Crippen LogP contribution in [-0.2, 0) is 6.54 Å². The van der Waals surface area contributed by atoms with Crippen molar-refractivity contribution in [1.29, 1.82) is 0 Å². The Kier molecular flexibility index (Phi) is 9.61. The molecular formula is C18H32IN5. The molecule has 2 rings (SSSR count).